The molecule has 0 fully saturated rings. The molecule has 194 valence electrons. The Morgan fingerprint density at radius 2 is 1.32 bits per heavy atom. The summed E-state index contributed by atoms with van der Waals surface area (Å²) in [5, 5.41) is 25.1. The molecule has 4 atom stereocenters. The SMILES string of the molecule is CC(C)CC(NC(=O)C(CC(N)=O)NC(=O)C(CCCCN)NC(=O)C(N)CC(=O)O)C(=O)O. The van der Waals surface area contributed by atoms with Crippen molar-refractivity contribution in [3.8, 4) is 0 Å². The van der Waals surface area contributed by atoms with Gasteiger partial charge in [-0.3, -0.25) is 24.0 Å². The highest BCUT2D eigenvalue weighted by molar-refractivity contribution is 5.96. The lowest BCUT2D eigenvalue weighted by Crippen LogP contribution is -2.58. The van der Waals surface area contributed by atoms with Crippen LogP contribution in [0.2, 0.25) is 0 Å². The Bertz CT molecular complexity index is 745. The number of nitrogens with two attached hydrogens (primary N) is 3. The summed E-state index contributed by atoms with van der Waals surface area (Å²) in [5.74, 6) is -6.27. The number of carbonyl (C=O) groups excluding carboxylic acids is 4. The highest BCUT2D eigenvalue weighted by Crippen LogP contribution is 2.07. The molecule has 0 aromatic carbocycles. The van der Waals surface area contributed by atoms with E-state index in [0.29, 0.717) is 19.4 Å². The van der Waals surface area contributed by atoms with E-state index < -0.39 is 72.6 Å². The van der Waals surface area contributed by atoms with Crippen LogP contribution < -0.4 is 33.2 Å². The topological polar surface area (TPSA) is 257 Å². The molecule has 0 rings (SSSR count). The number of rotatable bonds is 17. The summed E-state index contributed by atoms with van der Waals surface area (Å²) in [7, 11) is 0. The minimum Gasteiger partial charge on any atom is -0.481 e. The van der Waals surface area contributed by atoms with Crippen molar-refractivity contribution in [2.24, 2.45) is 23.1 Å². The van der Waals surface area contributed by atoms with Gasteiger partial charge < -0.3 is 43.4 Å². The van der Waals surface area contributed by atoms with Gasteiger partial charge in [0.15, 0.2) is 0 Å². The van der Waals surface area contributed by atoms with E-state index in [1.807, 2.05) is 0 Å². The monoisotopic (exact) mass is 488 g/mol. The van der Waals surface area contributed by atoms with Crippen molar-refractivity contribution in [3.63, 3.8) is 0 Å². The molecule has 0 heterocycles. The average molecular weight is 489 g/mol. The van der Waals surface area contributed by atoms with Crippen LogP contribution in [0.15, 0.2) is 0 Å². The lowest BCUT2D eigenvalue weighted by molar-refractivity contribution is -0.143. The maximum atomic E-state index is 12.8. The first-order valence-electron chi connectivity index (χ1n) is 10.9. The standard InChI is InChI=1S/C20H36N6O8/c1-10(2)7-14(20(33)34)26-19(32)13(9-15(23)27)25-18(31)12(5-3-4-6-21)24-17(30)11(22)8-16(28)29/h10-14H,3-9,21-22H2,1-2H3,(H2,23,27)(H,24,30)(H,25,31)(H,26,32)(H,28,29)(H,33,34). The van der Waals surface area contributed by atoms with Gasteiger partial charge in [-0.15, -0.1) is 0 Å². The molecule has 0 radical (unpaired) electrons. The zero-order chi connectivity index (χ0) is 26.4. The number of aliphatic carboxylic acids is 2. The minimum atomic E-state index is -1.50. The summed E-state index contributed by atoms with van der Waals surface area (Å²) in [6.07, 6.45) is -0.162. The molecule has 0 spiro atoms. The lowest BCUT2D eigenvalue weighted by atomic mass is 10.0. The molecule has 0 saturated carbocycles. The first-order valence-corrected chi connectivity index (χ1v) is 10.9. The largest absolute Gasteiger partial charge is 0.481 e. The number of carboxylic acids is 2. The zero-order valence-electron chi connectivity index (χ0n) is 19.4. The van der Waals surface area contributed by atoms with Crippen LogP contribution in [0, 0.1) is 5.92 Å². The van der Waals surface area contributed by atoms with E-state index in [0.717, 1.165) is 0 Å². The van der Waals surface area contributed by atoms with Gasteiger partial charge in [0.05, 0.1) is 18.9 Å². The molecule has 14 nitrogen and oxygen atoms in total. The summed E-state index contributed by atoms with van der Waals surface area (Å²) >= 11 is 0. The van der Waals surface area contributed by atoms with Crippen LogP contribution in [-0.2, 0) is 28.8 Å². The molecule has 0 aromatic heterocycles. The predicted molar refractivity (Wildman–Crippen MR) is 120 cm³/mol. The van der Waals surface area contributed by atoms with Gasteiger partial charge in [0, 0.05) is 0 Å². The third kappa shape index (κ3) is 12.7. The summed E-state index contributed by atoms with van der Waals surface area (Å²) in [4.78, 5) is 71.4. The number of hydrogen-bond donors (Lipinski definition) is 8. The quantitative estimate of drug-likeness (QED) is 0.0988. The second-order valence-electron chi connectivity index (χ2n) is 8.31. The molecule has 0 aliphatic rings. The average Bonchev–Trinajstić information content (AvgIpc) is 2.70. The van der Waals surface area contributed by atoms with Crippen LogP contribution in [0.1, 0.15) is 52.4 Å². The fraction of sp³-hybridized carbons (Fsp3) is 0.700. The van der Waals surface area contributed by atoms with Gasteiger partial charge >= 0.3 is 11.9 Å². The van der Waals surface area contributed by atoms with Crippen molar-refractivity contribution < 1.29 is 39.0 Å². The first kappa shape index (κ1) is 30.7. The Morgan fingerprint density at radius 3 is 1.79 bits per heavy atom. The number of unbranched alkanes of at least 4 members (excludes halogenated alkanes) is 1. The fourth-order valence-corrected chi connectivity index (χ4v) is 2.97. The Morgan fingerprint density at radius 1 is 0.794 bits per heavy atom. The summed E-state index contributed by atoms with van der Waals surface area (Å²) < 4.78 is 0. The van der Waals surface area contributed by atoms with E-state index >= 15 is 0 Å². The molecular formula is C20H36N6O8. The summed E-state index contributed by atoms with van der Waals surface area (Å²) in [6, 6.07) is -5.39. The van der Waals surface area contributed by atoms with E-state index in [-0.39, 0.29) is 18.8 Å². The molecule has 0 aliphatic heterocycles. The van der Waals surface area contributed by atoms with Crippen molar-refractivity contribution in [1.82, 2.24) is 16.0 Å². The van der Waals surface area contributed by atoms with E-state index in [1.54, 1.807) is 13.8 Å². The number of primary amides is 1. The highest BCUT2D eigenvalue weighted by atomic mass is 16.4. The summed E-state index contributed by atoms with van der Waals surface area (Å²) in [6.45, 7) is 3.84. The fourth-order valence-electron chi connectivity index (χ4n) is 2.97. The molecule has 11 N–H and O–H groups in total. The van der Waals surface area contributed by atoms with Crippen LogP contribution in [-0.4, -0.2) is 76.5 Å². The molecule has 4 amide bonds. The third-order valence-electron chi connectivity index (χ3n) is 4.67. The van der Waals surface area contributed by atoms with Crippen molar-refractivity contribution in [3.05, 3.63) is 0 Å². The van der Waals surface area contributed by atoms with Crippen molar-refractivity contribution in [2.75, 3.05) is 6.54 Å². The van der Waals surface area contributed by atoms with Crippen LogP contribution in [0.3, 0.4) is 0 Å². The van der Waals surface area contributed by atoms with Crippen LogP contribution in [0.5, 0.6) is 0 Å². The molecule has 0 saturated heterocycles. The van der Waals surface area contributed by atoms with Crippen molar-refractivity contribution >= 4 is 35.6 Å². The number of amides is 4. The molecule has 34 heavy (non-hydrogen) atoms. The number of nitrogens with one attached hydrogen (secondary N) is 3. The first-order chi connectivity index (χ1) is 15.8. The van der Waals surface area contributed by atoms with Crippen molar-refractivity contribution in [2.45, 2.75) is 76.5 Å². The highest BCUT2D eigenvalue weighted by Gasteiger charge is 2.31. The maximum absolute atomic E-state index is 12.8. The lowest BCUT2D eigenvalue weighted by Gasteiger charge is -2.25. The Balaban J connectivity index is 5.54. The molecule has 14 heteroatoms. The van der Waals surface area contributed by atoms with Gasteiger partial charge in [-0.25, -0.2) is 4.79 Å². The predicted octanol–water partition coefficient (Wildman–Crippen LogP) is -2.62. The van der Waals surface area contributed by atoms with E-state index in [4.69, 9.17) is 22.3 Å². The zero-order valence-corrected chi connectivity index (χ0v) is 19.4. The summed E-state index contributed by atoms with van der Waals surface area (Å²) in [5.41, 5.74) is 16.2. The van der Waals surface area contributed by atoms with E-state index in [1.165, 1.54) is 0 Å². The van der Waals surface area contributed by atoms with Crippen LogP contribution in [0.25, 0.3) is 0 Å². The smallest absolute Gasteiger partial charge is 0.326 e. The van der Waals surface area contributed by atoms with Gasteiger partial charge in [0.25, 0.3) is 0 Å². The molecule has 0 bridgehead atoms. The van der Waals surface area contributed by atoms with E-state index in [9.17, 15) is 33.9 Å². The molecule has 0 aliphatic carbocycles. The normalized spacial score (nSPS) is 14.4. The van der Waals surface area contributed by atoms with Crippen LogP contribution >= 0.6 is 0 Å². The Kier molecular flexibility index (Phi) is 14.1. The Hall–Kier alpha value is -3.26. The molecule has 4 unspecified atom stereocenters. The molecule has 0 aromatic rings. The minimum absolute atomic E-state index is 0.0669. The number of carbonyl (C=O) groups is 6. The van der Waals surface area contributed by atoms with Crippen LogP contribution in [0.4, 0.5) is 0 Å². The number of hydrogen-bond acceptors (Lipinski definition) is 8. The van der Waals surface area contributed by atoms with Gasteiger partial charge in [-0.1, -0.05) is 13.8 Å². The van der Waals surface area contributed by atoms with Gasteiger partial charge in [0.2, 0.25) is 23.6 Å². The second-order valence-corrected chi connectivity index (χ2v) is 8.31. The molecular weight excluding hydrogens is 452 g/mol. The Labute approximate surface area is 197 Å². The maximum Gasteiger partial charge on any atom is 0.326 e. The van der Waals surface area contributed by atoms with E-state index in [2.05, 4.69) is 16.0 Å². The van der Waals surface area contributed by atoms with Crippen molar-refractivity contribution in [1.29, 1.82) is 0 Å². The third-order valence-corrected chi connectivity index (χ3v) is 4.67. The van der Waals surface area contributed by atoms with Gasteiger partial charge in [-0.2, -0.15) is 0 Å². The van der Waals surface area contributed by atoms with Gasteiger partial charge in [0.1, 0.15) is 18.1 Å². The second kappa shape index (κ2) is 15.6. The number of carboxylic acid groups (broad SMARTS) is 2. The van der Waals surface area contributed by atoms with Gasteiger partial charge in [-0.05, 0) is 38.1 Å².